The average molecular weight is 243 g/mol. The van der Waals surface area contributed by atoms with E-state index in [9.17, 15) is 5.11 Å². The lowest BCUT2D eigenvalue weighted by Crippen LogP contribution is -1.95. The van der Waals surface area contributed by atoms with Crippen LogP contribution in [0.25, 0.3) is 0 Å². The maximum atomic E-state index is 9.65. The minimum atomic E-state index is 0.414. The standard InChI is InChI=1S/C11H15BrO/c1-3-8(4-2)10-7-9(12)5-6-11(10)13/h5-8,13H,3-4H2,1-2H3. The van der Waals surface area contributed by atoms with Gasteiger partial charge in [0.15, 0.2) is 0 Å². The summed E-state index contributed by atoms with van der Waals surface area (Å²) in [5, 5.41) is 9.65. The molecule has 0 aliphatic heterocycles. The zero-order valence-electron chi connectivity index (χ0n) is 8.05. The quantitative estimate of drug-likeness (QED) is 0.848. The van der Waals surface area contributed by atoms with Crippen LogP contribution >= 0.6 is 15.9 Å². The highest BCUT2D eigenvalue weighted by Crippen LogP contribution is 2.32. The van der Waals surface area contributed by atoms with Gasteiger partial charge in [0.05, 0.1) is 0 Å². The molecule has 0 heterocycles. The van der Waals surface area contributed by atoms with E-state index in [1.54, 1.807) is 6.07 Å². The Morgan fingerprint density at radius 2 is 1.92 bits per heavy atom. The summed E-state index contributed by atoms with van der Waals surface area (Å²) < 4.78 is 1.03. The summed E-state index contributed by atoms with van der Waals surface area (Å²) in [7, 11) is 0. The van der Waals surface area contributed by atoms with E-state index in [1.165, 1.54) is 0 Å². The molecule has 72 valence electrons. The predicted molar refractivity (Wildman–Crippen MR) is 59.1 cm³/mol. The fourth-order valence-electron chi connectivity index (χ4n) is 1.58. The lowest BCUT2D eigenvalue weighted by atomic mass is 9.93. The highest BCUT2D eigenvalue weighted by atomic mass is 79.9. The van der Waals surface area contributed by atoms with Crippen LogP contribution in [0.5, 0.6) is 5.75 Å². The van der Waals surface area contributed by atoms with Crippen molar-refractivity contribution < 1.29 is 5.11 Å². The first kappa shape index (κ1) is 10.6. The molecular weight excluding hydrogens is 228 g/mol. The molecule has 0 aliphatic rings. The SMILES string of the molecule is CCC(CC)c1cc(Br)ccc1O. The first-order valence-electron chi connectivity index (χ1n) is 4.67. The van der Waals surface area contributed by atoms with Gasteiger partial charge in [-0.1, -0.05) is 29.8 Å². The van der Waals surface area contributed by atoms with Gasteiger partial charge in [0.2, 0.25) is 0 Å². The van der Waals surface area contributed by atoms with Gasteiger partial charge in [0.1, 0.15) is 5.75 Å². The van der Waals surface area contributed by atoms with Gasteiger partial charge in [0, 0.05) is 4.47 Å². The van der Waals surface area contributed by atoms with Gasteiger partial charge < -0.3 is 5.11 Å². The molecule has 0 fully saturated rings. The van der Waals surface area contributed by atoms with Crippen molar-refractivity contribution in [2.45, 2.75) is 32.6 Å². The molecule has 1 rings (SSSR count). The van der Waals surface area contributed by atoms with Crippen LogP contribution in [-0.4, -0.2) is 5.11 Å². The number of phenols is 1. The van der Waals surface area contributed by atoms with E-state index in [4.69, 9.17) is 0 Å². The van der Waals surface area contributed by atoms with Gasteiger partial charge in [0.25, 0.3) is 0 Å². The Hall–Kier alpha value is -0.500. The molecule has 2 heteroatoms. The van der Waals surface area contributed by atoms with Crippen molar-refractivity contribution in [3.63, 3.8) is 0 Å². The maximum absolute atomic E-state index is 9.65. The molecule has 0 aliphatic carbocycles. The molecule has 0 saturated carbocycles. The van der Waals surface area contributed by atoms with Gasteiger partial charge >= 0.3 is 0 Å². The average Bonchev–Trinajstić information content (AvgIpc) is 2.13. The summed E-state index contributed by atoms with van der Waals surface area (Å²) in [6.07, 6.45) is 2.14. The van der Waals surface area contributed by atoms with E-state index in [1.807, 2.05) is 12.1 Å². The lowest BCUT2D eigenvalue weighted by Gasteiger charge is -2.14. The van der Waals surface area contributed by atoms with E-state index in [0.29, 0.717) is 11.7 Å². The first-order valence-corrected chi connectivity index (χ1v) is 5.46. The predicted octanol–water partition coefficient (Wildman–Crippen LogP) is 4.06. The Bertz CT molecular complexity index is 279. The van der Waals surface area contributed by atoms with Gasteiger partial charge in [-0.05, 0) is 42.5 Å². The van der Waals surface area contributed by atoms with Crippen molar-refractivity contribution in [3.05, 3.63) is 28.2 Å². The van der Waals surface area contributed by atoms with Crippen molar-refractivity contribution in [3.8, 4) is 5.75 Å². The number of aromatic hydroxyl groups is 1. The first-order chi connectivity index (χ1) is 6.19. The zero-order chi connectivity index (χ0) is 9.84. The highest BCUT2D eigenvalue weighted by molar-refractivity contribution is 9.10. The largest absolute Gasteiger partial charge is 0.508 e. The zero-order valence-corrected chi connectivity index (χ0v) is 9.63. The number of benzene rings is 1. The van der Waals surface area contributed by atoms with E-state index in [2.05, 4.69) is 29.8 Å². The molecule has 0 bridgehead atoms. The van der Waals surface area contributed by atoms with E-state index in [0.717, 1.165) is 22.9 Å². The molecule has 1 nitrogen and oxygen atoms in total. The van der Waals surface area contributed by atoms with Crippen molar-refractivity contribution in [1.82, 2.24) is 0 Å². The smallest absolute Gasteiger partial charge is 0.119 e. The maximum Gasteiger partial charge on any atom is 0.119 e. The summed E-state index contributed by atoms with van der Waals surface area (Å²) in [5.41, 5.74) is 1.05. The topological polar surface area (TPSA) is 20.2 Å². The normalized spacial score (nSPS) is 10.8. The second-order valence-electron chi connectivity index (χ2n) is 3.22. The number of phenolic OH excluding ortho intramolecular Hbond substituents is 1. The summed E-state index contributed by atoms with van der Waals surface area (Å²) in [5.74, 6) is 0.884. The summed E-state index contributed by atoms with van der Waals surface area (Å²) >= 11 is 3.41. The Kier molecular flexibility index (Phi) is 3.79. The van der Waals surface area contributed by atoms with Gasteiger partial charge in [-0.3, -0.25) is 0 Å². The fourth-order valence-corrected chi connectivity index (χ4v) is 1.96. The highest BCUT2D eigenvalue weighted by Gasteiger charge is 2.11. The van der Waals surface area contributed by atoms with E-state index >= 15 is 0 Å². The molecule has 1 N–H and O–H groups in total. The molecule has 0 aromatic heterocycles. The third kappa shape index (κ3) is 2.47. The fraction of sp³-hybridized carbons (Fsp3) is 0.455. The Morgan fingerprint density at radius 3 is 2.46 bits per heavy atom. The van der Waals surface area contributed by atoms with Crippen molar-refractivity contribution in [1.29, 1.82) is 0 Å². The summed E-state index contributed by atoms with van der Waals surface area (Å²) in [6, 6.07) is 5.62. The number of halogens is 1. The number of hydrogen-bond donors (Lipinski definition) is 1. The lowest BCUT2D eigenvalue weighted by molar-refractivity contribution is 0.457. The minimum absolute atomic E-state index is 0.414. The van der Waals surface area contributed by atoms with Crippen molar-refractivity contribution in [2.24, 2.45) is 0 Å². The van der Waals surface area contributed by atoms with Gasteiger partial charge in [-0.25, -0.2) is 0 Å². The molecule has 0 atom stereocenters. The van der Waals surface area contributed by atoms with Gasteiger partial charge in [-0.2, -0.15) is 0 Å². The number of rotatable bonds is 3. The third-order valence-corrected chi connectivity index (χ3v) is 2.91. The van der Waals surface area contributed by atoms with Gasteiger partial charge in [-0.15, -0.1) is 0 Å². The summed E-state index contributed by atoms with van der Waals surface area (Å²) in [4.78, 5) is 0. The van der Waals surface area contributed by atoms with Crippen LogP contribution in [0.4, 0.5) is 0 Å². The van der Waals surface area contributed by atoms with Crippen LogP contribution in [0.2, 0.25) is 0 Å². The molecule has 0 spiro atoms. The van der Waals surface area contributed by atoms with E-state index < -0.39 is 0 Å². The second kappa shape index (κ2) is 4.66. The van der Waals surface area contributed by atoms with Crippen molar-refractivity contribution in [2.75, 3.05) is 0 Å². The molecule has 13 heavy (non-hydrogen) atoms. The van der Waals surface area contributed by atoms with Crippen LogP contribution in [-0.2, 0) is 0 Å². The number of hydrogen-bond acceptors (Lipinski definition) is 1. The molecule has 1 aromatic rings. The Morgan fingerprint density at radius 1 is 1.31 bits per heavy atom. The van der Waals surface area contributed by atoms with Crippen LogP contribution < -0.4 is 0 Å². The molecule has 0 unspecified atom stereocenters. The van der Waals surface area contributed by atoms with Crippen LogP contribution in [0.3, 0.4) is 0 Å². The third-order valence-electron chi connectivity index (χ3n) is 2.42. The van der Waals surface area contributed by atoms with Crippen LogP contribution in [0.15, 0.2) is 22.7 Å². The summed E-state index contributed by atoms with van der Waals surface area (Å²) in [6.45, 7) is 4.29. The van der Waals surface area contributed by atoms with E-state index in [-0.39, 0.29) is 0 Å². The molecule has 0 saturated heterocycles. The Balaban J connectivity index is 3.03. The van der Waals surface area contributed by atoms with Crippen molar-refractivity contribution >= 4 is 15.9 Å². The monoisotopic (exact) mass is 242 g/mol. The Labute approximate surface area is 87.9 Å². The molecule has 0 amide bonds. The molecular formula is C11H15BrO. The molecule has 1 aromatic carbocycles. The van der Waals surface area contributed by atoms with Crippen LogP contribution in [0.1, 0.15) is 38.2 Å². The molecule has 0 radical (unpaired) electrons. The second-order valence-corrected chi connectivity index (χ2v) is 4.13. The minimum Gasteiger partial charge on any atom is -0.508 e. The van der Waals surface area contributed by atoms with Crippen LogP contribution in [0, 0.1) is 0 Å².